The molecule has 0 atom stereocenters. The van der Waals surface area contributed by atoms with Crippen molar-refractivity contribution in [2.75, 3.05) is 16.0 Å². The molecule has 4 amide bonds. The third kappa shape index (κ3) is 13.3. The lowest BCUT2D eigenvalue weighted by Crippen LogP contribution is -2.45. The van der Waals surface area contributed by atoms with Crippen LogP contribution in [0.25, 0.3) is 11.1 Å². The zero-order chi connectivity index (χ0) is 58.1. The Hall–Kier alpha value is -10.1. The molecule has 0 unspecified atom stereocenters. The number of rotatable bonds is 22. The molecule has 0 aliphatic rings. The number of carbonyl (C=O) groups excluding carboxylic acids is 4. The molecule has 0 spiro atoms. The molecule has 8 N–H and O–H groups in total. The molecule has 0 radical (unpaired) electrons. The number of ether oxygens (including phenoxy) is 2. The summed E-state index contributed by atoms with van der Waals surface area (Å²) >= 11 is 0. The number of nitrogens with one attached hydrogen (secondary N) is 4. The van der Waals surface area contributed by atoms with Crippen LogP contribution in [0.5, 0.6) is 23.0 Å². The fourth-order valence-electron chi connectivity index (χ4n) is 8.56. The van der Waals surface area contributed by atoms with Crippen molar-refractivity contribution in [3.63, 3.8) is 0 Å². The zero-order valence-electron chi connectivity index (χ0n) is 44.6. The Morgan fingerprint density at radius 1 is 0.362 bits per heavy atom. The van der Waals surface area contributed by atoms with Gasteiger partial charge in [-0.1, -0.05) is 58.9 Å². The third-order valence-electron chi connectivity index (χ3n) is 14.3. The average Bonchev–Trinajstić information content (AvgIpc) is 3.46. The minimum absolute atomic E-state index is 0.0440. The van der Waals surface area contributed by atoms with E-state index < -0.39 is 75.3 Å². The van der Waals surface area contributed by atoms with Crippen molar-refractivity contribution in [2.24, 2.45) is 0 Å². The maximum Gasteiger partial charge on any atom is 0.336 e. The molecule has 0 bridgehead atoms. The molecule has 0 aliphatic heterocycles. The number of hydrogen-bond donors (Lipinski definition) is 8. The van der Waals surface area contributed by atoms with E-state index in [0.29, 0.717) is 47.0 Å². The van der Waals surface area contributed by atoms with Gasteiger partial charge in [-0.2, -0.15) is 0 Å². The number of benzene rings is 7. The molecule has 80 heavy (non-hydrogen) atoms. The van der Waals surface area contributed by atoms with Crippen LogP contribution < -0.4 is 30.7 Å². The molecule has 7 aromatic rings. The molecule has 0 saturated heterocycles. The summed E-state index contributed by atoms with van der Waals surface area (Å²) < 4.78 is 11.9. The highest BCUT2D eigenvalue weighted by molar-refractivity contribution is 6.17. The molecular weight excluding hydrogens is 1020 g/mol. The Morgan fingerprint density at radius 2 is 0.662 bits per heavy atom. The van der Waals surface area contributed by atoms with Crippen LogP contribution in [0.3, 0.4) is 0 Å². The highest BCUT2D eigenvalue weighted by atomic mass is 16.5. The molecule has 7 rings (SSSR count). The maximum atomic E-state index is 13.7. The number of aromatic carboxylic acids is 4. The Morgan fingerprint density at radius 3 is 0.975 bits per heavy atom. The van der Waals surface area contributed by atoms with Crippen LogP contribution in [0.2, 0.25) is 0 Å². The Kier molecular flexibility index (Phi) is 17.6. The van der Waals surface area contributed by atoms with E-state index in [1.54, 1.807) is 24.3 Å². The van der Waals surface area contributed by atoms with Gasteiger partial charge in [-0.05, 0) is 176 Å². The van der Waals surface area contributed by atoms with Crippen LogP contribution in [0.4, 0.5) is 17.1 Å². The lowest BCUT2D eigenvalue weighted by molar-refractivity contribution is 0.0677. The molecular formula is C62H58N4O14. The summed E-state index contributed by atoms with van der Waals surface area (Å²) in [6.07, 6.45) is 3.15. The Bertz CT molecular complexity index is 3530. The van der Waals surface area contributed by atoms with E-state index in [9.17, 15) is 58.8 Å². The van der Waals surface area contributed by atoms with E-state index in [2.05, 4.69) is 42.0 Å². The highest BCUT2D eigenvalue weighted by Crippen LogP contribution is 2.34. The molecule has 18 nitrogen and oxygen atoms in total. The van der Waals surface area contributed by atoms with E-state index in [1.165, 1.54) is 90.5 Å². The quantitative estimate of drug-likeness (QED) is 0.0313. The van der Waals surface area contributed by atoms with Crippen LogP contribution in [-0.4, -0.2) is 73.5 Å². The summed E-state index contributed by atoms with van der Waals surface area (Å²) in [7, 11) is 0. The van der Waals surface area contributed by atoms with Crippen LogP contribution in [0, 0.1) is 0 Å². The molecule has 0 aliphatic carbocycles. The first kappa shape index (κ1) is 57.6. The van der Waals surface area contributed by atoms with E-state index in [1.807, 2.05) is 45.0 Å². The van der Waals surface area contributed by atoms with Crippen molar-refractivity contribution in [1.82, 2.24) is 5.32 Å². The molecule has 18 heteroatoms. The summed E-state index contributed by atoms with van der Waals surface area (Å²) in [4.78, 5) is 103. The van der Waals surface area contributed by atoms with Gasteiger partial charge < -0.3 is 51.2 Å². The zero-order valence-corrected chi connectivity index (χ0v) is 44.6. The summed E-state index contributed by atoms with van der Waals surface area (Å²) in [5.74, 6) is -7.48. The van der Waals surface area contributed by atoms with Crippen LogP contribution in [0.1, 0.15) is 156 Å². The molecule has 0 aromatic heterocycles. The molecule has 7 aromatic carbocycles. The molecule has 410 valence electrons. The first-order chi connectivity index (χ1) is 38.1. The normalized spacial score (nSPS) is 11.2. The topological polar surface area (TPSA) is 284 Å². The van der Waals surface area contributed by atoms with Gasteiger partial charge in [-0.3, -0.25) is 19.2 Å². The minimum Gasteiger partial charge on any atom is -0.478 e. The fourth-order valence-corrected chi connectivity index (χ4v) is 8.56. The van der Waals surface area contributed by atoms with Crippen LogP contribution >= 0.6 is 0 Å². The fraction of sp³-hybridized carbons (Fsp3) is 0.194. The van der Waals surface area contributed by atoms with Gasteiger partial charge in [-0.25, -0.2) is 19.2 Å². The van der Waals surface area contributed by atoms with Crippen molar-refractivity contribution in [3.8, 4) is 34.1 Å². The summed E-state index contributed by atoms with van der Waals surface area (Å²) in [5.41, 5.74) is -1.07. The van der Waals surface area contributed by atoms with E-state index in [-0.39, 0.29) is 44.7 Å². The number of hydrogen-bond acceptors (Lipinski definition) is 10. The number of amides is 4. The second kappa shape index (κ2) is 24.5. The van der Waals surface area contributed by atoms with Crippen molar-refractivity contribution in [1.29, 1.82) is 0 Å². The summed E-state index contributed by atoms with van der Waals surface area (Å²) in [5, 5.41) is 50.7. The summed E-state index contributed by atoms with van der Waals surface area (Å²) in [6.45, 7) is 12.2. The Balaban J connectivity index is 1.01. The minimum atomic E-state index is -1.61. The average molecular weight is 1080 g/mol. The van der Waals surface area contributed by atoms with Crippen LogP contribution in [0.15, 0.2) is 146 Å². The number of carboxylic acids is 4. The van der Waals surface area contributed by atoms with Crippen molar-refractivity contribution >= 4 is 64.6 Å². The van der Waals surface area contributed by atoms with Gasteiger partial charge >= 0.3 is 23.9 Å². The lowest BCUT2D eigenvalue weighted by atomic mass is 9.78. The van der Waals surface area contributed by atoms with Gasteiger partial charge in [-0.15, -0.1) is 0 Å². The van der Waals surface area contributed by atoms with E-state index >= 15 is 0 Å². The maximum absolute atomic E-state index is 13.7. The van der Waals surface area contributed by atoms with Gasteiger partial charge in [0.05, 0.1) is 44.5 Å². The van der Waals surface area contributed by atoms with Gasteiger partial charge in [0.15, 0.2) is 0 Å². The number of carboxylic acid groups (broad SMARTS) is 4. The predicted molar refractivity (Wildman–Crippen MR) is 300 cm³/mol. The van der Waals surface area contributed by atoms with Crippen molar-refractivity contribution in [3.05, 3.63) is 196 Å². The smallest absolute Gasteiger partial charge is 0.336 e. The largest absolute Gasteiger partial charge is 0.478 e. The Labute approximate surface area is 460 Å². The highest BCUT2D eigenvalue weighted by Gasteiger charge is 2.29. The predicted octanol–water partition coefficient (Wildman–Crippen LogP) is 12.9. The second-order valence-electron chi connectivity index (χ2n) is 19.3. The monoisotopic (exact) mass is 1080 g/mol. The number of anilines is 3. The lowest BCUT2D eigenvalue weighted by Gasteiger charge is -2.28. The third-order valence-corrected chi connectivity index (χ3v) is 14.3. The van der Waals surface area contributed by atoms with Gasteiger partial charge in [0.25, 0.3) is 23.6 Å². The van der Waals surface area contributed by atoms with Gasteiger partial charge in [0.1, 0.15) is 23.0 Å². The van der Waals surface area contributed by atoms with Crippen molar-refractivity contribution in [2.45, 2.75) is 78.2 Å². The number of carbonyl (C=O) groups is 8. The molecule has 0 fully saturated rings. The first-order valence-corrected chi connectivity index (χ1v) is 25.5. The van der Waals surface area contributed by atoms with E-state index in [0.717, 1.165) is 25.0 Å². The second-order valence-corrected chi connectivity index (χ2v) is 19.3. The SMILES string of the molecule is CCC(C)(CC)NC(=O)c1cc(-c2ccc(C(=O)O)c(C(=O)Nc3ccc(Oc4ccc(NC(=O)c5cc(C(=O)Nc6ccc(Oc7ccc(C(C)(CC)CC)cc7)cc6)c(C(=O)O)cc5C(=O)O)cc4)cc3)c2)ccc1C(=O)O. The molecule has 0 heterocycles. The van der Waals surface area contributed by atoms with Crippen LogP contribution in [-0.2, 0) is 5.41 Å². The summed E-state index contributed by atoms with van der Waals surface area (Å²) in [6, 6.07) is 35.9. The van der Waals surface area contributed by atoms with Gasteiger partial charge in [0.2, 0.25) is 0 Å². The first-order valence-electron chi connectivity index (χ1n) is 25.5. The van der Waals surface area contributed by atoms with Crippen molar-refractivity contribution < 1.29 is 68.3 Å². The van der Waals surface area contributed by atoms with Gasteiger partial charge in [0, 0.05) is 22.6 Å². The standard InChI is InChI=1S/C62H58N4O14/c1-7-61(5,8-2)37-13-21-41(22-14-37)79-42-23-17-39(18-24-42)64-54(68)49-33-50(52(60(77)78)34-51(49)59(75)76)55(69)65-40-19-27-44(28-20-40)80-43-25-15-38(16-26-43)63-53(67)47-31-35(11-29-45(47)57(71)72)36-12-30-46(58(73)74)48(32-36)56(70)66-62(6,9-3)10-4/h11-34H,7-10H2,1-6H3,(H,63,67)(H,64,68)(H,65,69)(H,66,70)(H,71,72)(H,73,74)(H,75,76)(H,77,78). The van der Waals surface area contributed by atoms with E-state index in [4.69, 9.17) is 9.47 Å². The molecule has 0 saturated carbocycles.